The van der Waals surface area contributed by atoms with Gasteiger partial charge in [0.1, 0.15) is 5.75 Å². The number of rotatable bonds is 5. The van der Waals surface area contributed by atoms with Crippen molar-refractivity contribution in [2.45, 2.75) is 18.4 Å². The number of ether oxygens (including phenoxy) is 1. The van der Waals surface area contributed by atoms with Gasteiger partial charge in [-0.1, -0.05) is 18.2 Å². The highest BCUT2D eigenvalue weighted by atomic mass is 32.2. The van der Waals surface area contributed by atoms with Gasteiger partial charge in [0.05, 0.1) is 12.0 Å². The first-order chi connectivity index (χ1) is 10.8. The molecular weight excluding hydrogens is 314 g/mol. The zero-order valence-corrected chi connectivity index (χ0v) is 14.1. The summed E-state index contributed by atoms with van der Waals surface area (Å²) in [7, 11) is -1.77. The van der Waals surface area contributed by atoms with Gasteiger partial charge in [-0.3, -0.25) is 4.79 Å². The number of methoxy groups -OCH3 is 1. The second-order valence-corrected chi connectivity index (χ2v) is 7.30. The molecule has 2 aromatic rings. The van der Waals surface area contributed by atoms with E-state index in [-0.39, 0.29) is 10.8 Å². The first-order valence-corrected chi connectivity index (χ1v) is 8.92. The number of hydrogen-bond donors (Lipinski definition) is 1. The number of nitrogens with one attached hydrogen (secondary N) is 1. The van der Waals surface area contributed by atoms with Crippen LogP contribution in [0.25, 0.3) is 0 Å². The average molecular weight is 333 g/mol. The van der Waals surface area contributed by atoms with Crippen molar-refractivity contribution in [1.29, 1.82) is 0 Å². The monoisotopic (exact) mass is 333 g/mol. The van der Waals surface area contributed by atoms with Gasteiger partial charge in [-0.05, 0) is 42.3 Å². The minimum Gasteiger partial charge on any atom is -0.497 e. The van der Waals surface area contributed by atoms with E-state index in [2.05, 4.69) is 5.32 Å². The molecule has 5 nitrogen and oxygen atoms in total. The van der Waals surface area contributed by atoms with E-state index in [4.69, 9.17) is 4.74 Å². The third kappa shape index (κ3) is 4.32. The summed E-state index contributed by atoms with van der Waals surface area (Å²) in [6, 6.07) is 11.9. The molecular formula is C17H19NO4S. The molecule has 0 spiro atoms. The fourth-order valence-electron chi connectivity index (χ4n) is 2.14. The van der Waals surface area contributed by atoms with Crippen LogP contribution >= 0.6 is 0 Å². The van der Waals surface area contributed by atoms with Crippen LogP contribution in [0.5, 0.6) is 5.75 Å². The lowest BCUT2D eigenvalue weighted by Gasteiger charge is -2.10. The summed E-state index contributed by atoms with van der Waals surface area (Å²) in [5.41, 5.74) is 1.98. The van der Waals surface area contributed by atoms with Crippen molar-refractivity contribution in [2.24, 2.45) is 0 Å². The molecule has 0 aliphatic rings. The van der Waals surface area contributed by atoms with Crippen molar-refractivity contribution in [3.05, 3.63) is 59.2 Å². The van der Waals surface area contributed by atoms with E-state index in [0.29, 0.717) is 17.9 Å². The van der Waals surface area contributed by atoms with Crippen LogP contribution in [0.15, 0.2) is 47.4 Å². The molecule has 0 heterocycles. The van der Waals surface area contributed by atoms with Crippen LogP contribution in [-0.4, -0.2) is 27.7 Å². The molecule has 0 radical (unpaired) electrons. The van der Waals surface area contributed by atoms with Gasteiger partial charge in [-0.25, -0.2) is 8.42 Å². The predicted molar refractivity (Wildman–Crippen MR) is 88.5 cm³/mol. The number of aryl methyl sites for hydroxylation is 1. The number of sulfone groups is 1. The van der Waals surface area contributed by atoms with Crippen LogP contribution in [0.3, 0.4) is 0 Å². The molecule has 0 saturated heterocycles. The Morgan fingerprint density at radius 1 is 1.17 bits per heavy atom. The molecule has 0 bridgehead atoms. The van der Waals surface area contributed by atoms with E-state index in [9.17, 15) is 13.2 Å². The van der Waals surface area contributed by atoms with E-state index in [1.54, 1.807) is 20.1 Å². The number of carbonyl (C=O) groups excluding carboxylic acids is 1. The SMILES string of the molecule is COc1cccc(CNC(=O)c2cc(S(C)(=O)=O)ccc2C)c1. The van der Waals surface area contributed by atoms with Crippen LogP contribution in [0.2, 0.25) is 0 Å². The summed E-state index contributed by atoms with van der Waals surface area (Å²) in [4.78, 5) is 12.5. The molecule has 6 heteroatoms. The molecule has 1 amide bonds. The molecule has 0 aromatic heterocycles. The molecule has 122 valence electrons. The van der Waals surface area contributed by atoms with Crippen LogP contribution in [0.1, 0.15) is 21.5 Å². The Hall–Kier alpha value is -2.34. The average Bonchev–Trinajstić information content (AvgIpc) is 2.52. The third-order valence-electron chi connectivity index (χ3n) is 3.47. The van der Waals surface area contributed by atoms with E-state index < -0.39 is 9.84 Å². The van der Waals surface area contributed by atoms with Crippen LogP contribution in [-0.2, 0) is 16.4 Å². The number of hydrogen-bond acceptors (Lipinski definition) is 4. The van der Waals surface area contributed by atoms with Gasteiger partial charge in [0.25, 0.3) is 5.91 Å². The van der Waals surface area contributed by atoms with Crippen LogP contribution in [0.4, 0.5) is 0 Å². The van der Waals surface area contributed by atoms with Crippen molar-refractivity contribution in [1.82, 2.24) is 5.32 Å². The molecule has 0 aliphatic heterocycles. The van der Waals surface area contributed by atoms with Crippen molar-refractivity contribution in [3.63, 3.8) is 0 Å². The third-order valence-corrected chi connectivity index (χ3v) is 4.58. The summed E-state index contributed by atoms with van der Waals surface area (Å²) in [5.74, 6) is 0.405. The maximum Gasteiger partial charge on any atom is 0.251 e. The molecule has 0 fully saturated rings. The summed E-state index contributed by atoms with van der Waals surface area (Å²) in [6.45, 7) is 2.10. The van der Waals surface area contributed by atoms with E-state index in [1.165, 1.54) is 12.1 Å². The summed E-state index contributed by atoms with van der Waals surface area (Å²) in [6.07, 6.45) is 1.12. The Morgan fingerprint density at radius 3 is 2.57 bits per heavy atom. The standard InChI is InChI=1S/C17H19NO4S/c1-12-7-8-15(23(3,20)21)10-16(12)17(19)18-11-13-5-4-6-14(9-13)22-2/h4-10H,11H2,1-3H3,(H,18,19). The molecule has 23 heavy (non-hydrogen) atoms. The topological polar surface area (TPSA) is 72.5 Å². The summed E-state index contributed by atoms with van der Waals surface area (Å²) >= 11 is 0. The maximum absolute atomic E-state index is 12.3. The van der Waals surface area contributed by atoms with Crippen LogP contribution in [0, 0.1) is 6.92 Å². The highest BCUT2D eigenvalue weighted by Crippen LogP contribution is 2.16. The normalized spacial score (nSPS) is 11.1. The van der Waals surface area contributed by atoms with E-state index in [0.717, 1.165) is 17.4 Å². The van der Waals surface area contributed by atoms with Crippen molar-refractivity contribution in [2.75, 3.05) is 13.4 Å². The fourth-order valence-corrected chi connectivity index (χ4v) is 2.78. The minimum absolute atomic E-state index is 0.134. The van der Waals surface area contributed by atoms with Crippen LogP contribution < -0.4 is 10.1 Å². The Bertz CT molecular complexity index is 828. The molecule has 2 aromatic carbocycles. The van der Waals surface area contributed by atoms with Crippen molar-refractivity contribution >= 4 is 15.7 Å². The number of carbonyl (C=O) groups is 1. The molecule has 1 N–H and O–H groups in total. The quantitative estimate of drug-likeness (QED) is 0.911. The summed E-state index contributed by atoms with van der Waals surface area (Å²) in [5, 5.41) is 2.80. The van der Waals surface area contributed by atoms with Gasteiger partial charge < -0.3 is 10.1 Å². The predicted octanol–water partition coefficient (Wildman–Crippen LogP) is 2.34. The smallest absolute Gasteiger partial charge is 0.251 e. The highest BCUT2D eigenvalue weighted by Gasteiger charge is 2.14. The highest BCUT2D eigenvalue weighted by molar-refractivity contribution is 7.90. The Balaban J connectivity index is 2.17. The number of amides is 1. The van der Waals surface area contributed by atoms with E-state index in [1.807, 2.05) is 24.3 Å². The van der Waals surface area contributed by atoms with Gasteiger partial charge >= 0.3 is 0 Å². The molecule has 0 saturated carbocycles. The molecule has 0 atom stereocenters. The molecule has 0 aliphatic carbocycles. The lowest BCUT2D eigenvalue weighted by molar-refractivity contribution is 0.0950. The lowest BCUT2D eigenvalue weighted by Crippen LogP contribution is -2.24. The molecule has 2 rings (SSSR count). The lowest BCUT2D eigenvalue weighted by atomic mass is 10.1. The Labute approximate surface area is 136 Å². The van der Waals surface area contributed by atoms with Gasteiger partial charge in [0.15, 0.2) is 9.84 Å². The minimum atomic E-state index is -3.35. The van der Waals surface area contributed by atoms with Gasteiger partial charge in [-0.15, -0.1) is 0 Å². The zero-order chi connectivity index (χ0) is 17.0. The summed E-state index contributed by atoms with van der Waals surface area (Å²) < 4.78 is 28.4. The van der Waals surface area contributed by atoms with Gasteiger partial charge in [0.2, 0.25) is 0 Å². The van der Waals surface area contributed by atoms with E-state index >= 15 is 0 Å². The second-order valence-electron chi connectivity index (χ2n) is 5.28. The number of benzene rings is 2. The first kappa shape index (κ1) is 17.0. The van der Waals surface area contributed by atoms with Gasteiger partial charge in [0, 0.05) is 18.4 Å². The zero-order valence-electron chi connectivity index (χ0n) is 13.3. The first-order valence-electron chi connectivity index (χ1n) is 7.03. The van der Waals surface area contributed by atoms with Gasteiger partial charge in [-0.2, -0.15) is 0 Å². The molecule has 0 unspecified atom stereocenters. The Morgan fingerprint density at radius 2 is 1.91 bits per heavy atom. The van der Waals surface area contributed by atoms with Crippen molar-refractivity contribution < 1.29 is 17.9 Å². The van der Waals surface area contributed by atoms with Crippen molar-refractivity contribution in [3.8, 4) is 5.75 Å². The fraction of sp³-hybridized carbons (Fsp3) is 0.235. The maximum atomic E-state index is 12.3. The Kier molecular flexibility index (Phi) is 5.05. The largest absolute Gasteiger partial charge is 0.497 e. The second kappa shape index (κ2) is 6.83.